The number of rotatable bonds is 2. The maximum atomic E-state index is 9.12. The van der Waals surface area contributed by atoms with Crippen molar-refractivity contribution in [1.82, 2.24) is 0 Å². The second-order valence-corrected chi connectivity index (χ2v) is 4.06. The Morgan fingerprint density at radius 2 is 2.00 bits per heavy atom. The van der Waals surface area contributed by atoms with Crippen LogP contribution in [0, 0.1) is 0 Å². The van der Waals surface area contributed by atoms with Crippen molar-refractivity contribution < 1.29 is 9.84 Å². The molecular formula is C9H18O2. The van der Waals surface area contributed by atoms with Gasteiger partial charge in [-0.15, -0.1) is 0 Å². The minimum absolute atomic E-state index is 0.0290. The highest BCUT2D eigenvalue weighted by Crippen LogP contribution is 2.38. The van der Waals surface area contributed by atoms with Gasteiger partial charge in [0.15, 0.2) is 0 Å². The molecule has 1 heterocycles. The van der Waals surface area contributed by atoms with Crippen LogP contribution in [0.15, 0.2) is 0 Å². The Hall–Kier alpha value is -0.0800. The lowest BCUT2D eigenvalue weighted by Crippen LogP contribution is -2.35. The van der Waals surface area contributed by atoms with E-state index in [0.29, 0.717) is 0 Å². The van der Waals surface area contributed by atoms with Gasteiger partial charge < -0.3 is 9.84 Å². The molecule has 0 bridgehead atoms. The Morgan fingerprint density at radius 1 is 1.36 bits per heavy atom. The summed E-state index contributed by atoms with van der Waals surface area (Å²) < 4.78 is 5.78. The van der Waals surface area contributed by atoms with Crippen molar-refractivity contribution in [3.05, 3.63) is 0 Å². The third-order valence-electron chi connectivity index (χ3n) is 2.61. The van der Waals surface area contributed by atoms with Gasteiger partial charge in [-0.05, 0) is 33.1 Å². The molecule has 1 N–H and O–H groups in total. The van der Waals surface area contributed by atoms with Crippen molar-refractivity contribution >= 4 is 0 Å². The van der Waals surface area contributed by atoms with Gasteiger partial charge in [-0.2, -0.15) is 0 Å². The summed E-state index contributed by atoms with van der Waals surface area (Å²) in [5, 5.41) is 9.12. The molecule has 0 aromatic carbocycles. The Bertz CT molecular complexity index is 136. The first-order valence-corrected chi connectivity index (χ1v) is 4.35. The van der Waals surface area contributed by atoms with E-state index in [9.17, 15) is 0 Å². The van der Waals surface area contributed by atoms with Crippen LogP contribution in [-0.2, 0) is 4.74 Å². The van der Waals surface area contributed by atoms with E-state index in [0.717, 1.165) is 19.3 Å². The van der Waals surface area contributed by atoms with Gasteiger partial charge in [0.2, 0.25) is 0 Å². The lowest BCUT2D eigenvalue weighted by Gasteiger charge is -2.28. The highest BCUT2D eigenvalue weighted by atomic mass is 16.5. The first-order chi connectivity index (χ1) is 5.04. The number of ether oxygens (including phenoxy) is 1. The summed E-state index contributed by atoms with van der Waals surface area (Å²) in [5.74, 6) is 0. The zero-order valence-corrected chi connectivity index (χ0v) is 7.68. The maximum absolute atomic E-state index is 9.12. The van der Waals surface area contributed by atoms with E-state index in [4.69, 9.17) is 9.84 Å². The van der Waals surface area contributed by atoms with Crippen molar-refractivity contribution in [2.45, 2.75) is 51.2 Å². The monoisotopic (exact) mass is 158 g/mol. The van der Waals surface area contributed by atoms with Crippen LogP contribution >= 0.6 is 0 Å². The molecule has 0 radical (unpaired) electrons. The fourth-order valence-corrected chi connectivity index (χ4v) is 1.69. The van der Waals surface area contributed by atoms with Crippen molar-refractivity contribution in [2.75, 3.05) is 6.61 Å². The van der Waals surface area contributed by atoms with Crippen LogP contribution < -0.4 is 0 Å². The van der Waals surface area contributed by atoms with Crippen LogP contribution in [0.5, 0.6) is 0 Å². The van der Waals surface area contributed by atoms with Gasteiger partial charge in [-0.25, -0.2) is 0 Å². The van der Waals surface area contributed by atoms with E-state index in [1.807, 2.05) is 0 Å². The fourth-order valence-electron chi connectivity index (χ4n) is 1.69. The largest absolute Gasteiger partial charge is 0.393 e. The minimum Gasteiger partial charge on any atom is -0.393 e. The lowest BCUT2D eigenvalue weighted by atomic mass is 9.96. The van der Waals surface area contributed by atoms with Crippen LogP contribution in [0.2, 0.25) is 0 Å². The van der Waals surface area contributed by atoms with Gasteiger partial charge in [-0.1, -0.05) is 6.92 Å². The molecule has 1 fully saturated rings. The maximum Gasteiger partial charge on any atom is 0.0917 e. The van der Waals surface area contributed by atoms with E-state index < -0.39 is 0 Å². The molecule has 1 rings (SSSR count). The van der Waals surface area contributed by atoms with Crippen LogP contribution in [0.25, 0.3) is 0 Å². The molecular weight excluding hydrogens is 140 g/mol. The van der Waals surface area contributed by atoms with E-state index in [1.54, 1.807) is 0 Å². The molecule has 2 nitrogen and oxygen atoms in total. The van der Waals surface area contributed by atoms with Crippen LogP contribution in [0.1, 0.15) is 40.0 Å². The third kappa shape index (κ3) is 1.74. The van der Waals surface area contributed by atoms with E-state index in [1.165, 1.54) is 0 Å². The van der Waals surface area contributed by atoms with E-state index >= 15 is 0 Å². The van der Waals surface area contributed by atoms with Gasteiger partial charge in [0.25, 0.3) is 0 Å². The number of aliphatic hydroxyl groups excluding tert-OH is 1. The standard InChI is InChI=1S/C9H18O2/c1-4-9(7-10)6-5-8(2,3)11-9/h10H,4-7H2,1-3H3. The van der Waals surface area contributed by atoms with Gasteiger partial charge in [0.05, 0.1) is 17.8 Å². The third-order valence-corrected chi connectivity index (χ3v) is 2.61. The second-order valence-electron chi connectivity index (χ2n) is 4.06. The molecule has 2 heteroatoms. The summed E-state index contributed by atoms with van der Waals surface area (Å²) in [4.78, 5) is 0. The predicted molar refractivity (Wildman–Crippen MR) is 44.5 cm³/mol. The Labute approximate surface area is 68.6 Å². The second kappa shape index (κ2) is 2.76. The SMILES string of the molecule is CCC1(CO)CCC(C)(C)O1. The Balaban J connectivity index is 2.62. The molecule has 0 saturated carbocycles. The number of aliphatic hydroxyl groups is 1. The molecule has 11 heavy (non-hydrogen) atoms. The average molecular weight is 158 g/mol. The highest BCUT2D eigenvalue weighted by Gasteiger charge is 2.42. The van der Waals surface area contributed by atoms with Crippen molar-refractivity contribution in [2.24, 2.45) is 0 Å². The Kier molecular flexibility index (Phi) is 2.26. The van der Waals surface area contributed by atoms with Crippen molar-refractivity contribution in [1.29, 1.82) is 0 Å². The Morgan fingerprint density at radius 3 is 2.18 bits per heavy atom. The molecule has 1 aliphatic rings. The normalized spacial score (nSPS) is 36.0. The molecule has 0 amide bonds. The molecule has 0 aromatic heterocycles. The topological polar surface area (TPSA) is 29.5 Å². The molecule has 1 atom stereocenters. The molecule has 1 unspecified atom stereocenters. The molecule has 1 saturated heterocycles. The fraction of sp³-hybridized carbons (Fsp3) is 1.00. The molecule has 0 aliphatic carbocycles. The highest BCUT2D eigenvalue weighted by molar-refractivity contribution is 4.91. The molecule has 66 valence electrons. The summed E-state index contributed by atoms with van der Waals surface area (Å²) in [7, 11) is 0. The first-order valence-electron chi connectivity index (χ1n) is 4.35. The first kappa shape index (κ1) is 9.01. The van der Waals surface area contributed by atoms with E-state index in [-0.39, 0.29) is 17.8 Å². The smallest absolute Gasteiger partial charge is 0.0917 e. The van der Waals surface area contributed by atoms with Gasteiger partial charge >= 0.3 is 0 Å². The number of hydrogen-bond acceptors (Lipinski definition) is 2. The zero-order valence-electron chi connectivity index (χ0n) is 7.68. The zero-order chi connectivity index (χ0) is 8.54. The van der Waals surface area contributed by atoms with E-state index in [2.05, 4.69) is 20.8 Å². The lowest BCUT2D eigenvalue weighted by molar-refractivity contribution is -0.111. The number of hydrogen-bond donors (Lipinski definition) is 1. The van der Waals surface area contributed by atoms with Crippen LogP contribution in [0.3, 0.4) is 0 Å². The predicted octanol–water partition coefficient (Wildman–Crippen LogP) is 1.72. The molecule has 1 aliphatic heterocycles. The summed E-state index contributed by atoms with van der Waals surface area (Å²) in [6, 6.07) is 0. The summed E-state index contributed by atoms with van der Waals surface area (Å²) in [6.07, 6.45) is 2.96. The average Bonchev–Trinajstić information content (AvgIpc) is 2.28. The minimum atomic E-state index is -0.233. The van der Waals surface area contributed by atoms with Crippen LogP contribution in [0.4, 0.5) is 0 Å². The van der Waals surface area contributed by atoms with Crippen molar-refractivity contribution in [3.63, 3.8) is 0 Å². The summed E-state index contributed by atoms with van der Waals surface area (Å²) in [6.45, 7) is 6.39. The van der Waals surface area contributed by atoms with Gasteiger partial charge in [-0.3, -0.25) is 0 Å². The summed E-state index contributed by atoms with van der Waals surface area (Å²) in [5.41, 5.74) is -0.262. The summed E-state index contributed by atoms with van der Waals surface area (Å²) >= 11 is 0. The quantitative estimate of drug-likeness (QED) is 0.663. The molecule has 0 aromatic rings. The van der Waals surface area contributed by atoms with Gasteiger partial charge in [0.1, 0.15) is 0 Å². The van der Waals surface area contributed by atoms with Crippen LogP contribution in [-0.4, -0.2) is 22.9 Å². The van der Waals surface area contributed by atoms with Gasteiger partial charge in [0, 0.05) is 0 Å². The molecule has 0 spiro atoms. The van der Waals surface area contributed by atoms with Crippen molar-refractivity contribution in [3.8, 4) is 0 Å².